The zero-order valence-electron chi connectivity index (χ0n) is 16.9. The molecule has 0 saturated carbocycles. The van der Waals surface area contributed by atoms with Gasteiger partial charge in [-0.2, -0.15) is 5.26 Å². The Bertz CT molecular complexity index is 1160. The lowest BCUT2D eigenvalue weighted by molar-refractivity contribution is -0.115. The van der Waals surface area contributed by atoms with Crippen molar-refractivity contribution in [2.24, 2.45) is 0 Å². The normalized spacial score (nSPS) is 11.9. The predicted octanol–water partition coefficient (Wildman–Crippen LogP) is 4.87. The molecule has 3 rings (SSSR count). The average molecular weight is 459 g/mol. The molecule has 0 spiro atoms. The number of para-hydroxylation sites is 1. The van der Waals surface area contributed by atoms with E-state index in [4.69, 9.17) is 5.26 Å². The number of fused-ring (bicyclic) bond motifs is 1. The minimum Gasteiger partial charge on any atom is -0.324 e. The van der Waals surface area contributed by atoms with E-state index in [-0.39, 0.29) is 16.7 Å². The maximum atomic E-state index is 12.7. The van der Waals surface area contributed by atoms with Gasteiger partial charge in [0, 0.05) is 21.9 Å². The van der Waals surface area contributed by atoms with Gasteiger partial charge in [-0.25, -0.2) is 4.98 Å². The Morgan fingerprint density at radius 2 is 2.13 bits per heavy atom. The SMILES string of the molecule is Cc1sc2nc(CS[C@@H](C)C(=O)Nc3ccccc3SCCC#N)[nH]c(=O)c2c1C. The molecule has 1 atom stereocenters. The third kappa shape index (κ3) is 5.25. The van der Waals surface area contributed by atoms with E-state index in [1.165, 1.54) is 23.1 Å². The molecule has 0 aliphatic heterocycles. The lowest BCUT2D eigenvalue weighted by atomic mass is 10.2. The van der Waals surface area contributed by atoms with E-state index in [0.29, 0.717) is 29.1 Å². The van der Waals surface area contributed by atoms with Crippen molar-refractivity contribution in [1.82, 2.24) is 9.97 Å². The van der Waals surface area contributed by atoms with Crippen molar-refractivity contribution in [2.45, 2.75) is 43.1 Å². The van der Waals surface area contributed by atoms with Gasteiger partial charge in [-0.3, -0.25) is 9.59 Å². The van der Waals surface area contributed by atoms with Crippen molar-refractivity contribution >= 4 is 56.7 Å². The molecule has 2 aromatic heterocycles. The Balaban J connectivity index is 1.64. The van der Waals surface area contributed by atoms with Crippen LogP contribution in [-0.4, -0.2) is 26.9 Å². The summed E-state index contributed by atoms with van der Waals surface area (Å²) in [5.74, 6) is 1.58. The number of nitrogens with zero attached hydrogens (tertiary/aromatic N) is 2. The van der Waals surface area contributed by atoms with E-state index < -0.39 is 0 Å². The van der Waals surface area contributed by atoms with Crippen molar-refractivity contribution in [3.63, 3.8) is 0 Å². The molecule has 30 heavy (non-hydrogen) atoms. The molecule has 9 heteroatoms. The fraction of sp³-hybridized carbons (Fsp3) is 0.333. The van der Waals surface area contributed by atoms with Crippen LogP contribution in [0.3, 0.4) is 0 Å². The molecule has 6 nitrogen and oxygen atoms in total. The molecule has 0 aliphatic carbocycles. The fourth-order valence-corrected chi connectivity index (χ4v) is 5.45. The number of amides is 1. The summed E-state index contributed by atoms with van der Waals surface area (Å²) < 4.78 is 0. The summed E-state index contributed by atoms with van der Waals surface area (Å²) in [6.45, 7) is 5.75. The summed E-state index contributed by atoms with van der Waals surface area (Å²) in [5.41, 5.74) is 1.59. The first kappa shape index (κ1) is 22.4. The van der Waals surface area contributed by atoms with Crippen molar-refractivity contribution in [1.29, 1.82) is 5.26 Å². The minimum atomic E-state index is -0.324. The lowest BCUT2D eigenvalue weighted by Crippen LogP contribution is -2.23. The van der Waals surface area contributed by atoms with E-state index in [2.05, 4.69) is 21.4 Å². The van der Waals surface area contributed by atoms with Crippen molar-refractivity contribution in [3.8, 4) is 6.07 Å². The van der Waals surface area contributed by atoms with Gasteiger partial charge in [0.2, 0.25) is 5.91 Å². The number of aryl methyl sites for hydroxylation is 2. The van der Waals surface area contributed by atoms with E-state index in [1.54, 1.807) is 11.8 Å². The van der Waals surface area contributed by atoms with Gasteiger partial charge in [0.25, 0.3) is 5.56 Å². The number of H-pyrrole nitrogens is 1. The molecule has 0 bridgehead atoms. The first-order chi connectivity index (χ1) is 14.4. The number of aromatic nitrogens is 2. The Morgan fingerprint density at radius 3 is 2.90 bits per heavy atom. The molecule has 1 amide bonds. The summed E-state index contributed by atoms with van der Waals surface area (Å²) in [6, 6.07) is 9.70. The van der Waals surface area contributed by atoms with Gasteiger partial charge in [-0.1, -0.05) is 12.1 Å². The number of nitrogens with one attached hydrogen (secondary N) is 2. The molecule has 0 radical (unpaired) electrons. The lowest BCUT2D eigenvalue weighted by Gasteiger charge is -2.14. The standard InChI is InChI=1S/C21H22N4O2S3/c1-12-13(2)30-21-18(12)20(27)24-17(25-21)11-29-14(3)19(26)23-15-7-4-5-8-16(15)28-10-6-9-22/h4-5,7-8,14H,6,10-11H2,1-3H3,(H,23,26)(H,24,25,27)/t14-/m0/s1. The Morgan fingerprint density at radius 1 is 1.37 bits per heavy atom. The number of anilines is 1. The van der Waals surface area contributed by atoms with Crippen molar-refractivity contribution in [3.05, 3.63) is 50.9 Å². The number of thioether (sulfide) groups is 2. The second kappa shape index (κ2) is 10.2. The third-order valence-corrected chi connectivity index (χ3v) is 7.87. The van der Waals surface area contributed by atoms with Crippen LogP contribution in [0.15, 0.2) is 34.0 Å². The maximum Gasteiger partial charge on any atom is 0.259 e. The quantitative estimate of drug-likeness (QED) is 0.369. The van der Waals surface area contributed by atoms with Crippen molar-refractivity contribution in [2.75, 3.05) is 11.1 Å². The fourth-order valence-electron chi connectivity index (χ4n) is 2.78. The highest BCUT2D eigenvalue weighted by atomic mass is 32.2. The predicted molar refractivity (Wildman–Crippen MR) is 126 cm³/mol. The molecule has 2 N–H and O–H groups in total. The number of benzene rings is 1. The second-order valence-electron chi connectivity index (χ2n) is 6.67. The van der Waals surface area contributed by atoms with Crippen LogP contribution in [0.1, 0.15) is 29.6 Å². The van der Waals surface area contributed by atoms with E-state index in [1.807, 2.05) is 45.0 Å². The second-order valence-corrected chi connectivity index (χ2v) is 10.3. The number of aromatic amines is 1. The largest absolute Gasteiger partial charge is 0.324 e. The zero-order chi connectivity index (χ0) is 21.7. The molecule has 0 aliphatic rings. The molecule has 1 aromatic carbocycles. The van der Waals surface area contributed by atoms with Gasteiger partial charge in [0.15, 0.2) is 0 Å². The van der Waals surface area contributed by atoms with Crippen LogP contribution in [0.4, 0.5) is 5.69 Å². The highest BCUT2D eigenvalue weighted by Gasteiger charge is 2.17. The van der Waals surface area contributed by atoms with Crippen LogP contribution < -0.4 is 10.9 Å². The Labute approximate surface area is 187 Å². The monoisotopic (exact) mass is 458 g/mol. The van der Waals surface area contributed by atoms with E-state index in [0.717, 1.165) is 25.9 Å². The third-order valence-electron chi connectivity index (χ3n) is 4.54. The van der Waals surface area contributed by atoms with E-state index >= 15 is 0 Å². The average Bonchev–Trinajstić information content (AvgIpc) is 3.01. The summed E-state index contributed by atoms with van der Waals surface area (Å²) in [7, 11) is 0. The van der Waals surface area contributed by atoms with Gasteiger partial charge >= 0.3 is 0 Å². The van der Waals surface area contributed by atoms with Gasteiger partial charge in [-0.15, -0.1) is 34.9 Å². The van der Waals surface area contributed by atoms with Gasteiger partial charge < -0.3 is 10.3 Å². The molecule has 2 heterocycles. The number of rotatable bonds is 8. The minimum absolute atomic E-state index is 0.112. The molecule has 3 aromatic rings. The first-order valence-corrected chi connectivity index (χ1v) is 12.3. The van der Waals surface area contributed by atoms with Gasteiger partial charge in [-0.05, 0) is 38.5 Å². The number of thiophene rings is 1. The van der Waals surface area contributed by atoms with Crippen LogP contribution in [0.25, 0.3) is 10.2 Å². The van der Waals surface area contributed by atoms with Crippen LogP contribution in [0, 0.1) is 25.2 Å². The van der Waals surface area contributed by atoms with Crippen LogP contribution in [0.5, 0.6) is 0 Å². The van der Waals surface area contributed by atoms with Crippen molar-refractivity contribution < 1.29 is 4.79 Å². The van der Waals surface area contributed by atoms with Gasteiger partial charge in [0.1, 0.15) is 10.7 Å². The van der Waals surface area contributed by atoms with Crippen LogP contribution >= 0.6 is 34.9 Å². The zero-order valence-corrected chi connectivity index (χ0v) is 19.4. The van der Waals surface area contributed by atoms with E-state index in [9.17, 15) is 9.59 Å². The number of carbonyl (C=O) groups excluding carboxylic acids is 1. The highest BCUT2D eigenvalue weighted by Crippen LogP contribution is 2.29. The number of nitriles is 1. The summed E-state index contributed by atoms with van der Waals surface area (Å²) >= 11 is 4.49. The molecular weight excluding hydrogens is 436 g/mol. The summed E-state index contributed by atoms with van der Waals surface area (Å²) in [4.78, 5) is 35.2. The Kier molecular flexibility index (Phi) is 7.58. The highest BCUT2D eigenvalue weighted by molar-refractivity contribution is 8.00. The van der Waals surface area contributed by atoms with Gasteiger partial charge in [0.05, 0.1) is 28.1 Å². The summed E-state index contributed by atoms with van der Waals surface area (Å²) in [6.07, 6.45) is 0.456. The molecule has 0 fully saturated rings. The Hall–Kier alpha value is -2.28. The summed E-state index contributed by atoms with van der Waals surface area (Å²) in [5, 5.41) is 12.0. The first-order valence-electron chi connectivity index (χ1n) is 9.40. The number of hydrogen-bond acceptors (Lipinski definition) is 7. The maximum absolute atomic E-state index is 12.7. The number of carbonyl (C=O) groups is 1. The topological polar surface area (TPSA) is 98.6 Å². The molecule has 0 unspecified atom stereocenters. The molecule has 0 saturated heterocycles. The van der Waals surface area contributed by atoms with Crippen LogP contribution in [0.2, 0.25) is 0 Å². The molecular formula is C21H22N4O2S3. The van der Waals surface area contributed by atoms with Crippen LogP contribution in [-0.2, 0) is 10.5 Å². The smallest absolute Gasteiger partial charge is 0.259 e. The molecule has 156 valence electrons. The number of hydrogen-bond donors (Lipinski definition) is 2.